The lowest BCUT2D eigenvalue weighted by atomic mass is 10.1. The maximum atomic E-state index is 12.3. The number of nitrogens with one attached hydrogen (secondary N) is 1. The number of piperazine rings is 1. The molecule has 1 fully saturated rings. The highest BCUT2D eigenvalue weighted by Crippen LogP contribution is 2.07. The van der Waals surface area contributed by atoms with E-state index in [1.807, 2.05) is 11.0 Å². The molecule has 0 saturated carbocycles. The Balaban J connectivity index is 1.38. The van der Waals surface area contributed by atoms with Crippen LogP contribution in [-0.4, -0.2) is 48.6 Å². The molecule has 1 aliphatic heterocycles. The molecule has 132 valence electrons. The van der Waals surface area contributed by atoms with E-state index in [2.05, 4.69) is 65.7 Å². The molecule has 2 aromatic carbocycles. The van der Waals surface area contributed by atoms with E-state index < -0.39 is 0 Å². The smallest absolute Gasteiger partial charge is 0.317 e. The first-order chi connectivity index (χ1) is 12.2. The van der Waals surface area contributed by atoms with Crippen molar-refractivity contribution in [1.29, 1.82) is 0 Å². The van der Waals surface area contributed by atoms with Crippen LogP contribution in [0.4, 0.5) is 4.79 Å². The van der Waals surface area contributed by atoms with Crippen molar-refractivity contribution in [3.63, 3.8) is 0 Å². The van der Waals surface area contributed by atoms with Gasteiger partial charge in [-0.1, -0.05) is 60.2 Å². The van der Waals surface area contributed by atoms with Crippen LogP contribution < -0.4 is 5.32 Å². The van der Waals surface area contributed by atoms with Crippen molar-refractivity contribution in [2.24, 2.45) is 0 Å². The molecule has 1 saturated heterocycles. The monoisotopic (exact) mass is 337 g/mol. The molecule has 0 aliphatic carbocycles. The minimum Gasteiger partial charge on any atom is -0.334 e. The van der Waals surface area contributed by atoms with Gasteiger partial charge in [0, 0.05) is 39.3 Å². The van der Waals surface area contributed by atoms with Crippen LogP contribution in [0.2, 0.25) is 0 Å². The normalized spacial score (nSPS) is 15.2. The number of rotatable bonds is 5. The number of nitrogens with zero attached hydrogens (tertiary/aromatic N) is 2. The average Bonchev–Trinajstić information content (AvgIpc) is 2.66. The zero-order chi connectivity index (χ0) is 17.5. The number of hydrogen-bond donors (Lipinski definition) is 1. The molecule has 25 heavy (non-hydrogen) atoms. The number of carbonyl (C=O) groups is 1. The summed E-state index contributed by atoms with van der Waals surface area (Å²) < 4.78 is 0. The first-order valence-electron chi connectivity index (χ1n) is 9.05. The van der Waals surface area contributed by atoms with Gasteiger partial charge in [-0.15, -0.1) is 0 Å². The lowest BCUT2D eigenvalue weighted by molar-refractivity contribution is 0.140. The molecular weight excluding hydrogens is 310 g/mol. The van der Waals surface area contributed by atoms with Crippen LogP contribution in [-0.2, 0) is 13.0 Å². The van der Waals surface area contributed by atoms with Gasteiger partial charge in [-0.25, -0.2) is 4.79 Å². The molecule has 1 heterocycles. The Morgan fingerprint density at radius 1 is 0.960 bits per heavy atom. The molecule has 0 radical (unpaired) electrons. The maximum absolute atomic E-state index is 12.3. The maximum Gasteiger partial charge on any atom is 0.317 e. The fourth-order valence-electron chi connectivity index (χ4n) is 3.22. The number of urea groups is 1. The second-order valence-electron chi connectivity index (χ2n) is 6.71. The van der Waals surface area contributed by atoms with Crippen molar-refractivity contribution in [2.75, 3.05) is 32.7 Å². The first kappa shape index (κ1) is 17.5. The molecule has 2 amide bonds. The van der Waals surface area contributed by atoms with Gasteiger partial charge in [-0.05, 0) is 24.5 Å². The highest BCUT2D eigenvalue weighted by molar-refractivity contribution is 5.74. The summed E-state index contributed by atoms with van der Waals surface area (Å²) in [6.07, 6.45) is 1.07. The highest BCUT2D eigenvalue weighted by atomic mass is 16.2. The number of carbonyl (C=O) groups excluding carboxylic acids is 1. The molecular formula is C21H27N3O. The average molecular weight is 337 g/mol. The Bertz CT molecular complexity index is 679. The third-order valence-electron chi connectivity index (χ3n) is 4.75. The largest absolute Gasteiger partial charge is 0.334 e. The summed E-state index contributed by atoms with van der Waals surface area (Å²) >= 11 is 0. The third kappa shape index (κ3) is 5.33. The van der Waals surface area contributed by atoms with Gasteiger partial charge in [0.1, 0.15) is 0 Å². The van der Waals surface area contributed by atoms with E-state index >= 15 is 0 Å². The zero-order valence-corrected chi connectivity index (χ0v) is 14.9. The van der Waals surface area contributed by atoms with Gasteiger partial charge in [-0.2, -0.15) is 0 Å². The fraction of sp³-hybridized carbons (Fsp3) is 0.381. The van der Waals surface area contributed by atoms with Gasteiger partial charge < -0.3 is 10.2 Å². The summed E-state index contributed by atoms with van der Waals surface area (Å²) in [6, 6.07) is 18.9. The van der Waals surface area contributed by atoms with Gasteiger partial charge in [0.25, 0.3) is 0 Å². The fourth-order valence-corrected chi connectivity index (χ4v) is 3.22. The van der Waals surface area contributed by atoms with E-state index in [-0.39, 0.29) is 6.03 Å². The second-order valence-corrected chi connectivity index (χ2v) is 6.71. The van der Waals surface area contributed by atoms with Crippen LogP contribution in [0.5, 0.6) is 0 Å². The Labute approximate surface area is 150 Å². The number of hydrogen-bond acceptors (Lipinski definition) is 2. The van der Waals surface area contributed by atoms with Crippen molar-refractivity contribution in [3.05, 3.63) is 71.3 Å². The molecule has 0 atom stereocenters. The van der Waals surface area contributed by atoms with Crippen molar-refractivity contribution < 1.29 is 4.79 Å². The Kier molecular flexibility index (Phi) is 6.07. The minimum atomic E-state index is 0.0456. The van der Waals surface area contributed by atoms with Crippen LogP contribution in [0.15, 0.2) is 54.6 Å². The van der Waals surface area contributed by atoms with Crippen LogP contribution in [0.3, 0.4) is 0 Å². The van der Waals surface area contributed by atoms with E-state index in [4.69, 9.17) is 0 Å². The van der Waals surface area contributed by atoms with Gasteiger partial charge in [0.2, 0.25) is 0 Å². The molecule has 0 unspecified atom stereocenters. The van der Waals surface area contributed by atoms with E-state index in [0.717, 1.165) is 44.7 Å². The third-order valence-corrected chi connectivity index (χ3v) is 4.75. The molecule has 0 spiro atoms. The summed E-state index contributed by atoms with van der Waals surface area (Å²) in [7, 11) is 0. The topological polar surface area (TPSA) is 35.6 Å². The molecule has 4 nitrogen and oxygen atoms in total. The van der Waals surface area contributed by atoms with Gasteiger partial charge in [-0.3, -0.25) is 4.90 Å². The van der Waals surface area contributed by atoms with Crippen molar-refractivity contribution in [1.82, 2.24) is 15.1 Å². The van der Waals surface area contributed by atoms with Gasteiger partial charge in [0.05, 0.1) is 0 Å². The van der Waals surface area contributed by atoms with Crippen molar-refractivity contribution in [3.8, 4) is 0 Å². The Morgan fingerprint density at radius 3 is 2.40 bits per heavy atom. The van der Waals surface area contributed by atoms with Crippen LogP contribution >= 0.6 is 0 Å². The zero-order valence-electron chi connectivity index (χ0n) is 14.9. The van der Waals surface area contributed by atoms with Crippen molar-refractivity contribution in [2.45, 2.75) is 19.9 Å². The van der Waals surface area contributed by atoms with Crippen molar-refractivity contribution >= 4 is 6.03 Å². The van der Waals surface area contributed by atoms with Crippen LogP contribution in [0.1, 0.15) is 16.7 Å². The van der Waals surface area contributed by atoms with E-state index in [1.54, 1.807) is 0 Å². The summed E-state index contributed by atoms with van der Waals surface area (Å²) in [4.78, 5) is 16.7. The molecule has 1 aliphatic rings. The molecule has 3 rings (SSSR count). The summed E-state index contributed by atoms with van der Waals surface area (Å²) in [5, 5.41) is 3.04. The van der Waals surface area contributed by atoms with E-state index in [9.17, 15) is 4.79 Å². The number of amides is 2. The molecule has 4 heteroatoms. The van der Waals surface area contributed by atoms with Crippen LogP contribution in [0.25, 0.3) is 0 Å². The SMILES string of the molecule is Cc1cccc(CNC(=O)N2CCN(CCc3ccccc3)CC2)c1. The lowest BCUT2D eigenvalue weighted by Gasteiger charge is -2.34. The number of aryl methyl sites for hydroxylation is 1. The summed E-state index contributed by atoms with van der Waals surface area (Å²) in [5.41, 5.74) is 3.74. The molecule has 0 bridgehead atoms. The van der Waals surface area contributed by atoms with E-state index in [0.29, 0.717) is 6.54 Å². The Morgan fingerprint density at radius 2 is 1.68 bits per heavy atom. The lowest BCUT2D eigenvalue weighted by Crippen LogP contribution is -2.51. The summed E-state index contributed by atoms with van der Waals surface area (Å²) in [6.45, 7) is 7.22. The predicted octanol–water partition coefficient (Wildman–Crippen LogP) is 3.06. The molecule has 2 aromatic rings. The number of benzene rings is 2. The standard InChI is InChI=1S/C21H27N3O/c1-18-6-5-9-20(16-18)17-22-21(25)24-14-12-23(13-15-24)11-10-19-7-3-2-4-8-19/h2-9,16H,10-15,17H2,1H3,(H,22,25). The minimum absolute atomic E-state index is 0.0456. The highest BCUT2D eigenvalue weighted by Gasteiger charge is 2.20. The quantitative estimate of drug-likeness (QED) is 0.910. The van der Waals surface area contributed by atoms with Gasteiger partial charge in [0.15, 0.2) is 0 Å². The summed E-state index contributed by atoms with van der Waals surface area (Å²) in [5.74, 6) is 0. The Hall–Kier alpha value is -2.33. The first-order valence-corrected chi connectivity index (χ1v) is 9.05. The van der Waals surface area contributed by atoms with Gasteiger partial charge >= 0.3 is 6.03 Å². The van der Waals surface area contributed by atoms with E-state index in [1.165, 1.54) is 11.1 Å². The predicted molar refractivity (Wildman–Crippen MR) is 102 cm³/mol. The molecule has 0 aromatic heterocycles. The van der Waals surface area contributed by atoms with Crippen LogP contribution in [0, 0.1) is 6.92 Å². The second kappa shape index (κ2) is 8.67. The molecule has 1 N–H and O–H groups in total.